The van der Waals surface area contributed by atoms with Crippen LogP contribution in [0.15, 0.2) is 48.5 Å². The Kier molecular flexibility index (Phi) is 10.8. The van der Waals surface area contributed by atoms with Gasteiger partial charge in [-0.1, -0.05) is 13.8 Å². The second-order valence-electron chi connectivity index (χ2n) is 3.00. The zero-order valence-corrected chi connectivity index (χ0v) is 12.8. The van der Waals surface area contributed by atoms with Crippen molar-refractivity contribution < 1.29 is 20.8 Å². The minimum absolute atomic E-state index is 0.826. The molecular weight excluding hydrogens is 306 g/mol. The quantitative estimate of drug-likeness (QED) is 0.611. The van der Waals surface area contributed by atoms with Crippen LogP contribution in [0.2, 0.25) is 0 Å². The summed E-state index contributed by atoms with van der Waals surface area (Å²) in [6.45, 7) is 4.21. The van der Waals surface area contributed by atoms with Crippen molar-refractivity contribution in [2.75, 3.05) is 0 Å². The van der Waals surface area contributed by atoms with Gasteiger partial charge in [-0.2, -0.15) is 35.9 Å². The normalized spacial score (nSPS) is 7.73. The van der Waals surface area contributed by atoms with Crippen LogP contribution in [0.5, 0.6) is 0 Å². The van der Waals surface area contributed by atoms with Gasteiger partial charge in [0, 0.05) is 0 Å². The third-order valence-electron chi connectivity index (χ3n) is 1.62. The predicted molar refractivity (Wildman–Crippen MR) is 65.3 cm³/mol. The maximum atomic E-state index is 4.93. The van der Waals surface area contributed by atoms with E-state index in [2.05, 4.69) is 32.0 Å². The van der Waals surface area contributed by atoms with E-state index in [1.807, 2.05) is 30.3 Å². The van der Waals surface area contributed by atoms with Crippen molar-refractivity contribution in [3.05, 3.63) is 59.7 Å². The second-order valence-corrected chi connectivity index (χ2v) is 6.73. The van der Waals surface area contributed by atoms with Crippen molar-refractivity contribution in [2.45, 2.75) is 13.8 Å². The summed E-state index contributed by atoms with van der Waals surface area (Å²) < 4.78 is 0. The van der Waals surface area contributed by atoms with Crippen LogP contribution in [0.25, 0.3) is 0 Å². The van der Waals surface area contributed by atoms with E-state index in [4.69, 9.17) is 17.0 Å². The number of hydrogen-bond acceptors (Lipinski definition) is 0. The second kappa shape index (κ2) is 10.7. The fraction of sp³-hybridized carbons (Fsp3) is 0.167. The zero-order valence-electron chi connectivity index (χ0n) is 8.87. The van der Waals surface area contributed by atoms with Crippen molar-refractivity contribution in [2.24, 2.45) is 0 Å². The predicted octanol–water partition coefficient (Wildman–Crippen LogP) is 4.80. The van der Waals surface area contributed by atoms with E-state index < -0.39 is 20.8 Å². The van der Waals surface area contributed by atoms with Gasteiger partial charge in [-0.3, -0.25) is 0 Å². The molecule has 0 fully saturated rings. The van der Waals surface area contributed by atoms with Gasteiger partial charge in [-0.15, -0.1) is 0 Å². The summed E-state index contributed by atoms with van der Waals surface area (Å²) in [5, 5.41) is 0. The summed E-state index contributed by atoms with van der Waals surface area (Å²) >= 11 is -0.826. The average molecular weight is 320 g/mol. The maximum absolute atomic E-state index is 4.93. The van der Waals surface area contributed by atoms with Crippen molar-refractivity contribution in [1.82, 2.24) is 0 Å². The van der Waals surface area contributed by atoms with E-state index in [1.54, 1.807) is 0 Å². The molecule has 0 aromatic heterocycles. The van der Waals surface area contributed by atoms with Gasteiger partial charge in [0.15, 0.2) is 0 Å². The van der Waals surface area contributed by atoms with E-state index in [9.17, 15) is 0 Å². The van der Waals surface area contributed by atoms with Gasteiger partial charge in [0.2, 0.25) is 0 Å². The van der Waals surface area contributed by atoms with Crippen molar-refractivity contribution >= 4 is 17.0 Å². The maximum Gasteiger partial charge on any atom is -0.172 e. The minimum atomic E-state index is -0.826. The molecule has 2 aromatic carbocycles. The average Bonchev–Trinajstić information content (AvgIpc) is 2.81. The standard InChI is InChI=1S/C7H9.C5H5.2ClH.Zr/c1-6-3-4-7(2)5-6;1-2-4-5-3-1;;;/h3-5H,1-2H3;1-5H;2*1H;/q2*-1;;;+4/p-2. The van der Waals surface area contributed by atoms with Gasteiger partial charge in [0.05, 0.1) is 0 Å². The minimum Gasteiger partial charge on any atom is -0.214 e. The number of rotatable bonds is 0. The van der Waals surface area contributed by atoms with Crippen LogP contribution < -0.4 is 0 Å². The van der Waals surface area contributed by atoms with Crippen molar-refractivity contribution in [1.29, 1.82) is 0 Å². The molecule has 0 saturated carbocycles. The molecule has 2 rings (SSSR count). The first-order valence-corrected chi connectivity index (χ1v) is 10.9. The molecule has 2 aromatic rings. The largest absolute Gasteiger partial charge is 0.214 e. The van der Waals surface area contributed by atoms with E-state index in [1.165, 1.54) is 11.1 Å². The number of aryl methyl sites for hydroxylation is 2. The Labute approximate surface area is 111 Å². The molecule has 0 unspecified atom stereocenters. The van der Waals surface area contributed by atoms with Crippen LogP contribution in [-0.4, -0.2) is 0 Å². The number of hydrogen-bond donors (Lipinski definition) is 0. The first kappa shape index (κ1) is 15.2. The van der Waals surface area contributed by atoms with Gasteiger partial charge >= 0.3 is 37.9 Å². The number of halogens is 2. The Hall–Kier alpha value is 0.163. The molecule has 0 amide bonds. The SMILES string of the molecule is Cc1cc[c-](C)c1.[Cl][Zr+2][Cl].c1cc[cH-]c1. The van der Waals surface area contributed by atoms with Gasteiger partial charge < -0.3 is 0 Å². The molecule has 0 aliphatic heterocycles. The third kappa shape index (κ3) is 10.4. The summed E-state index contributed by atoms with van der Waals surface area (Å²) in [7, 11) is 9.87. The molecule has 0 nitrogen and oxygen atoms in total. The Morgan fingerprint density at radius 3 is 1.93 bits per heavy atom. The molecule has 0 bridgehead atoms. The molecular formula is C12H14Cl2Zr. The van der Waals surface area contributed by atoms with E-state index in [-0.39, 0.29) is 0 Å². The molecule has 0 heterocycles. The van der Waals surface area contributed by atoms with Crippen LogP contribution in [0.3, 0.4) is 0 Å². The van der Waals surface area contributed by atoms with Crippen LogP contribution in [0.4, 0.5) is 0 Å². The zero-order chi connectivity index (χ0) is 11.5. The van der Waals surface area contributed by atoms with Crippen LogP contribution in [0.1, 0.15) is 11.1 Å². The van der Waals surface area contributed by atoms with Gasteiger partial charge in [0.25, 0.3) is 0 Å². The fourth-order valence-electron chi connectivity index (χ4n) is 1.04. The molecule has 0 aliphatic carbocycles. The summed E-state index contributed by atoms with van der Waals surface area (Å²) in [6.07, 6.45) is 0. The summed E-state index contributed by atoms with van der Waals surface area (Å²) in [5.74, 6) is 0. The van der Waals surface area contributed by atoms with E-state index in [0.29, 0.717) is 0 Å². The summed E-state index contributed by atoms with van der Waals surface area (Å²) in [5.41, 5.74) is 2.72. The molecule has 15 heavy (non-hydrogen) atoms. The smallest absolute Gasteiger partial charge is 0.172 e. The van der Waals surface area contributed by atoms with Crippen LogP contribution >= 0.6 is 17.0 Å². The Bertz CT molecular complexity index is 278. The summed E-state index contributed by atoms with van der Waals surface area (Å²) in [6, 6.07) is 16.4. The summed E-state index contributed by atoms with van der Waals surface area (Å²) in [4.78, 5) is 0. The molecule has 0 saturated heterocycles. The van der Waals surface area contributed by atoms with Gasteiger partial charge in [0.1, 0.15) is 0 Å². The Morgan fingerprint density at radius 2 is 1.80 bits per heavy atom. The first-order chi connectivity index (χ1) is 7.20. The molecule has 0 radical (unpaired) electrons. The molecule has 0 aliphatic rings. The molecule has 0 atom stereocenters. The monoisotopic (exact) mass is 318 g/mol. The third-order valence-corrected chi connectivity index (χ3v) is 1.62. The van der Waals surface area contributed by atoms with E-state index >= 15 is 0 Å². The Morgan fingerprint density at radius 1 is 1.27 bits per heavy atom. The van der Waals surface area contributed by atoms with Crippen LogP contribution in [0, 0.1) is 13.8 Å². The molecule has 0 spiro atoms. The van der Waals surface area contributed by atoms with E-state index in [0.717, 1.165) is 0 Å². The molecule has 3 heteroatoms. The Balaban J connectivity index is 0.000000216. The topological polar surface area (TPSA) is 0 Å². The van der Waals surface area contributed by atoms with Gasteiger partial charge in [-0.05, 0) is 0 Å². The molecule has 80 valence electrons. The fourth-order valence-corrected chi connectivity index (χ4v) is 1.04. The van der Waals surface area contributed by atoms with Gasteiger partial charge in [-0.25, -0.2) is 23.8 Å². The first-order valence-electron chi connectivity index (χ1n) is 4.53. The molecule has 0 N–H and O–H groups in total. The van der Waals surface area contributed by atoms with Crippen molar-refractivity contribution in [3.8, 4) is 0 Å². The van der Waals surface area contributed by atoms with Crippen LogP contribution in [-0.2, 0) is 20.8 Å². The van der Waals surface area contributed by atoms with Crippen molar-refractivity contribution in [3.63, 3.8) is 0 Å².